The van der Waals surface area contributed by atoms with Crippen LogP contribution in [0.15, 0.2) is 30.3 Å². The number of likely N-dealkylation sites (N-methyl/N-ethyl adjacent to an activating group) is 1. The maximum Gasteiger partial charge on any atom is 0.237 e. The molecule has 0 saturated carbocycles. The molecule has 0 fully saturated rings. The molecule has 0 aliphatic rings. The van der Waals surface area contributed by atoms with Gasteiger partial charge in [0.2, 0.25) is 5.91 Å². The third-order valence-corrected chi connectivity index (χ3v) is 3.35. The summed E-state index contributed by atoms with van der Waals surface area (Å²) >= 11 is 0. The lowest BCUT2D eigenvalue weighted by Crippen LogP contribution is -2.44. The van der Waals surface area contributed by atoms with Crippen molar-refractivity contribution < 1.29 is 4.79 Å². The van der Waals surface area contributed by atoms with Gasteiger partial charge in [-0.3, -0.25) is 4.79 Å². The van der Waals surface area contributed by atoms with Crippen molar-refractivity contribution in [1.82, 2.24) is 10.2 Å². The molecule has 1 aromatic rings. The van der Waals surface area contributed by atoms with Crippen LogP contribution in [0, 0.1) is 0 Å². The topological polar surface area (TPSA) is 58.4 Å². The van der Waals surface area contributed by atoms with Crippen LogP contribution in [-0.4, -0.2) is 43.0 Å². The average Bonchev–Trinajstić information content (AvgIpc) is 2.47. The molecule has 4 nitrogen and oxygen atoms in total. The number of carbonyl (C=O) groups excluding carboxylic acids is 1. The number of benzene rings is 1. The number of nitrogens with two attached hydrogens (primary N) is 1. The summed E-state index contributed by atoms with van der Waals surface area (Å²) < 4.78 is 0. The fraction of sp³-hybridized carbons (Fsp3) is 0.562. The van der Waals surface area contributed by atoms with E-state index in [0.29, 0.717) is 13.0 Å². The van der Waals surface area contributed by atoms with E-state index in [-0.39, 0.29) is 5.91 Å². The van der Waals surface area contributed by atoms with Crippen LogP contribution in [0.25, 0.3) is 0 Å². The minimum absolute atomic E-state index is 0.0681. The van der Waals surface area contributed by atoms with Crippen molar-refractivity contribution in [3.05, 3.63) is 35.9 Å². The highest BCUT2D eigenvalue weighted by Gasteiger charge is 2.13. The molecule has 0 aliphatic heterocycles. The molecule has 1 amide bonds. The molecule has 0 aromatic heterocycles. The van der Waals surface area contributed by atoms with Gasteiger partial charge in [0.15, 0.2) is 0 Å². The summed E-state index contributed by atoms with van der Waals surface area (Å²) in [4.78, 5) is 14.2. The number of hydrogen-bond acceptors (Lipinski definition) is 3. The summed E-state index contributed by atoms with van der Waals surface area (Å²) in [5.74, 6) is -0.0681. The van der Waals surface area contributed by atoms with Crippen LogP contribution in [0.1, 0.15) is 25.8 Å². The van der Waals surface area contributed by atoms with E-state index < -0.39 is 6.04 Å². The van der Waals surface area contributed by atoms with E-state index in [9.17, 15) is 4.79 Å². The summed E-state index contributed by atoms with van der Waals surface area (Å²) in [6.07, 6.45) is 1.72. The van der Waals surface area contributed by atoms with Crippen LogP contribution in [0.5, 0.6) is 0 Å². The van der Waals surface area contributed by atoms with Crippen molar-refractivity contribution in [2.24, 2.45) is 5.73 Å². The molecular formula is C16H27N3O. The Kier molecular flexibility index (Phi) is 7.92. The molecule has 0 spiro atoms. The van der Waals surface area contributed by atoms with Gasteiger partial charge < -0.3 is 16.0 Å². The predicted octanol–water partition coefficient (Wildman–Crippen LogP) is 1.40. The van der Waals surface area contributed by atoms with E-state index in [4.69, 9.17) is 5.73 Å². The molecule has 0 saturated heterocycles. The molecule has 0 heterocycles. The Morgan fingerprint density at radius 3 is 2.55 bits per heavy atom. The molecular weight excluding hydrogens is 250 g/mol. The second kappa shape index (κ2) is 9.50. The van der Waals surface area contributed by atoms with Crippen LogP contribution in [0.4, 0.5) is 0 Å². The van der Waals surface area contributed by atoms with Crippen LogP contribution < -0.4 is 11.1 Å². The SMILES string of the molecule is CCCN(CC)CCNC(=O)[C@@H](N)Cc1ccccc1. The lowest BCUT2D eigenvalue weighted by Gasteiger charge is -2.20. The normalized spacial score (nSPS) is 12.4. The van der Waals surface area contributed by atoms with Gasteiger partial charge in [0.05, 0.1) is 6.04 Å². The fourth-order valence-corrected chi connectivity index (χ4v) is 2.17. The Balaban J connectivity index is 2.28. The van der Waals surface area contributed by atoms with Crippen LogP contribution >= 0.6 is 0 Å². The van der Waals surface area contributed by atoms with E-state index in [1.807, 2.05) is 30.3 Å². The average molecular weight is 277 g/mol. The monoisotopic (exact) mass is 277 g/mol. The molecule has 20 heavy (non-hydrogen) atoms. The fourth-order valence-electron chi connectivity index (χ4n) is 2.17. The highest BCUT2D eigenvalue weighted by atomic mass is 16.2. The van der Waals surface area contributed by atoms with Crippen LogP contribution in [0.3, 0.4) is 0 Å². The first-order valence-electron chi connectivity index (χ1n) is 7.47. The van der Waals surface area contributed by atoms with Gasteiger partial charge in [0.1, 0.15) is 0 Å². The number of nitrogens with zero attached hydrogens (tertiary/aromatic N) is 1. The first-order valence-corrected chi connectivity index (χ1v) is 7.47. The molecule has 112 valence electrons. The summed E-state index contributed by atoms with van der Waals surface area (Å²) in [7, 11) is 0. The van der Waals surface area contributed by atoms with Gasteiger partial charge in [-0.15, -0.1) is 0 Å². The molecule has 1 atom stereocenters. The van der Waals surface area contributed by atoms with Gasteiger partial charge >= 0.3 is 0 Å². The smallest absolute Gasteiger partial charge is 0.237 e. The summed E-state index contributed by atoms with van der Waals surface area (Å²) in [5, 5.41) is 2.92. The molecule has 0 unspecified atom stereocenters. The molecule has 3 N–H and O–H groups in total. The zero-order valence-corrected chi connectivity index (χ0v) is 12.6. The minimum atomic E-state index is -0.473. The van der Waals surface area contributed by atoms with Crippen molar-refractivity contribution in [1.29, 1.82) is 0 Å². The number of carbonyl (C=O) groups is 1. The first-order chi connectivity index (χ1) is 9.67. The second-order valence-electron chi connectivity index (χ2n) is 5.02. The van der Waals surface area contributed by atoms with Crippen molar-refractivity contribution in [3.63, 3.8) is 0 Å². The van der Waals surface area contributed by atoms with Gasteiger partial charge in [-0.05, 0) is 31.5 Å². The van der Waals surface area contributed by atoms with E-state index in [2.05, 4.69) is 24.1 Å². The van der Waals surface area contributed by atoms with Gasteiger partial charge in [-0.25, -0.2) is 0 Å². The van der Waals surface area contributed by atoms with Crippen molar-refractivity contribution in [3.8, 4) is 0 Å². The quantitative estimate of drug-likeness (QED) is 0.717. The van der Waals surface area contributed by atoms with Crippen molar-refractivity contribution >= 4 is 5.91 Å². The Hall–Kier alpha value is -1.39. The number of rotatable bonds is 9. The summed E-state index contributed by atoms with van der Waals surface area (Å²) in [5.41, 5.74) is 7.03. The standard InChI is InChI=1S/C16H27N3O/c1-3-11-19(4-2)12-10-18-16(20)15(17)13-14-8-6-5-7-9-14/h5-9,15H,3-4,10-13,17H2,1-2H3,(H,18,20)/t15-/m0/s1. The van der Waals surface area contributed by atoms with Crippen molar-refractivity contribution in [2.75, 3.05) is 26.2 Å². The van der Waals surface area contributed by atoms with Crippen molar-refractivity contribution in [2.45, 2.75) is 32.7 Å². The third-order valence-electron chi connectivity index (χ3n) is 3.35. The highest BCUT2D eigenvalue weighted by molar-refractivity contribution is 5.81. The predicted molar refractivity (Wildman–Crippen MR) is 83.5 cm³/mol. The summed E-state index contributed by atoms with van der Waals surface area (Å²) in [6.45, 7) is 7.93. The summed E-state index contributed by atoms with van der Waals surface area (Å²) in [6, 6.07) is 9.40. The van der Waals surface area contributed by atoms with Crippen LogP contribution in [0.2, 0.25) is 0 Å². The zero-order chi connectivity index (χ0) is 14.8. The first kappa shape index (κ1) is 16.7. The molecule has 1 rings (SSSR count). The molecule has 0 radical (unpaired) electrons. The zero-order valence-electron chi connectivity index (χ0n) is 12.6. The lowest BCUT2D eigenvalue weighted by atomic mass is 10.1. The Bertz CT molecular complexity index is 381. The maximum absolute atomic E-state index is 11.9. The third kappa shape index (κ3) is 6.17. The van der Waals surface area contributed by atoms with E-state index >= 15 is 0 Å². The Labute approximate surface area is 122 Å². The molecule has 4 heteroatoms. The van der Waals surface area contributed by atoms with E-state index in [0.717, 1.165) is 31.6 Å². The number of hydrogen-bond donors (Lipinski definition) is 2. The van der Waals surface area contributed by atoms with Gasteiger partial charge in [-0.2, -0.15) is 0 Å². The second-order valence-corrected chi connectivity index (χ2v) is 5.02. The Morgan fingerprint density at radius 1 is 1.25 bits per heavy atom. The number of amides is 1. The highest BCUT2D eigenvalue weighted by Crippen LogP contribution is 2.01. The molecule has 0 aliphatic carbocycles. The number of nitrogens with one attached hydrogen (secondary N) is 1. The lowest BCUT2D eigenvalue weighted by molar-refractivity contribution is -0.122. The molecule has 0 bridgehead atoms. The van der Waals surface area contributed by atoms with Gasteiger partial charge in [-0.1, -0.05) is 44.2 Å². The van der Waals surface area contributed by atoms with E-state index in [1.165, 1.54) is 0 Å². The van der Waals surface area contributed by atoms with Gasteiger partial charge in [0, 0.05) is 13.1 Å². The maximum atomic E-state index is 11.9. The Morgan fingerprint density at radius 2 is 1.95 bits per heavy atom. The van der Waals surface area contributed by atoms with E-state index in [1.54, 1.807) is 0 Å². The minimum Gasteiger partial charge on any atom is -0.353 e. The van der Waals surface area contributed by atoms with Gasteiger partial charge in [0.25, 0.3) is 0 Å². The molecule has 1 aromatic carbocycles. The largest absolute Gasteiger partial charge is 0.353 e. The van der Waals surface area contributed by atoms with Crippen LogP contribution in [-0.2, 0) is 11.2 Å².